The highest BCUT2D eigenvalue weighted by molar-refractivity contribution is 5.76. The summed E-state index contributed by atoms with van der Waals surface area (Å²) in [5.41, 5.74) is 0.900. The van der Waals surface area contributed by atoms with Crippen molar-refractivity contribution in [3.8, 4) is 0 Å². The first kappa shape index (κ1) is 16.0. The molecule has 0 aromatic heterocycles. The van der Waals surface area contributed by atoms with Crippen molar-refractivity contribution in [1.29, 1.82) is 0 Å². The summed E-state index contributed by atoms with van der Waals surface area (Å²) in [4.78, 5) is 22.7. The summed E-state index contributed by atoms with van der Waals surface area (Å²) in [5.74, 6) is -0.228. The molecule has 2 amide bonds. The summed E-state index contributed by atoms with van der Waals surface area (Å²) < 4.78 is 4.99. The minimum absolute atomic E-state index is 0.146. The molecule has 1 atom stereocenters. The Balaban J connectivity index is 2.10. The number of aliphatic hydroxyl groups excluding tert-OH is 1. The van der Waals surface area contributed by atoms with E-state index in [1.54, 1.807) is 6.92 Å². The number of ether oxygens (including phenoxy) is 1. The highest BCUT2D eigenvalue weighted by atomic mass is 16.5. The van der Waals surface area contributed by atoms with Gasteiger partial charge in [-0.05, 0) is 12.5 Å². The number of hydrogen-bond donors (Lipinski definition) is 3. The first-order valence-electron chi connectivity index (χ1n) is 6.47. The number of carbonyl (C=O) groups is 2. The van der Waals surface area contributed by atoms with Crippen molar-refractivity contribution >= 4 is 12.0 Å². The first-order valence-corrected chi connectivity index (χ1v) is 6.47. The molecule has 0 spiro atoms. The molecule has 0 heterocycles. The van der Waals surface area contributed by atoms with Gasteiger partial charge in [-0.3, -0.25) is 4.79 Å². The molecular weight excluding hydrogens is 260 g/mol. The lowest BCUT2D eigenvalue weighted by Crippen LogP contribution is -2.34. The van der Waals surface area contributed by atoms with E-state index in [9.17, 15) is 9.59 Å². The van der Waals surface area contributed by atoms with Crippen LogP contribution in [0.25, 0.3) is 0 Å². The molecule has 1 unspecified atom stereocenters. The zero-order valence-electron chi connectivity index (χ0n) is 11.5. The van der Waals surface area contributed by atoms with E-state index in [0.717, 1.165) is 5.56 Å². The van der Waals surface area contributed by atoms with Gasteiger partial charge in [0.2, 0.25) is 5.91 Å². The molecule has 6 nitrogen and oxygen atoms in total. The normalized spacial score (nSPS) is 11.5. The van der Waals surface area contributed by atoms with E-state index >= 15 is 0 Å². The van der Waals surface area contributed by atoms with Crippen molar-refractivity contribution < 1.29 is 19.4 Å². The van der Waals surface area contributed by atoms with Crippen molar-refractivity contribution in [2.24, 2.45) is 0 Å². The lowest BCUT2D eigenvalue weighted by atomic mass is 10.2. The number of aliphatic hydroxyl groups is 1. The predicted octanol–water partition coefficient (Wildman–Crippen LogP) is 0.800. The van der Waals surface area contributed by atoms with Crippen LogP contribution in [0.5, 0.6) is 0 Å². The lowest BCUT2D eigenvalue weighted by Gasteiger charge is -2.08. The molecule has 0 aliphatic rings. The van der Waals surface area contributed by atoms with Gasteiger partial charge in [0.25, 0.3) is 0 Å². The van der Waals surface area contributed by atoms with Crippen LogP contribution in [0.3, 0.4) is 0 Å². The molecule has 0 bridgehead atoms. The second kappa shape index (κ2) is 8.92. The molecule has 1 aromatic rings. The third-order valence-corrected chi connectivity index (χ3v) is 2.43. The number of alkyl carbamates (subject to hydrolysis) is 1. The first-order chi connectivity index (χ1) is 9.58. The van der Waals surface area contributed by atoms with E-state index in [1.165, 1.54) is 0 Å². The number of amides is 2. The van der Waals surface area contributed by atoms with Crippen LogP contribution < -0.4 is 10.6 Å². The van der Waals surface area contributed by atoms with Crippen LogP contribution in [0, 0.1) is 0 Å². The van der Waals surface area contributed by atoms with Crippen molar-refractivity contribution in [2.75, 3.05) is 13.1 Å². The van der Waals surface area contributed by atoms with Gasteiger partial charge < -0.3 is 20.5 Å². The van der Waals surface area contributed by atoms with Crippen LogP contribution >= 0.6 is 0 Å². The minimum Gasteiger partial charge on any atom is -0.445 e. The largest absolute Gasteiger partial charge is 0.445 e. The average molecular weight is 280 g/mol. The Morgan fingerprint density at radius 1 is 1.25 bits per heavy atom. The number of benzene rings is 1. The van der Waals surface area contributed by atoms with Gasteiger partial charge in [-0.25, -0.2) is 4.79 Å². The predicted molar refractivity (Wildman–Crippen MR) is 73.9 cm³/mol. The summed E-state index contributed by atoms with van der Waals surface area (Å²) in [7, 11) is 0. The van der Waals surface area contributed by atoms with E-state index in [-0.39, 0.29) is 32.0 Å². The van der Waals surface area contributed by atoms with Gasteiger partial charge in [0.05, 0.1) is 6.10 Å². The van der Waals surface area contributed by atoms with Crippen LogP contribution in [-0.2, 0) is 16.1 Å². The van der Waals surface area contributed by atoms with Crippen LogP contribution in [0.2, 0.25) is 0 Å². The molecule has 0 fully saturated rings. The Bertz CT molecular complexity index is 420. The molecule has 3 N–H and O–H groups in total. The molecule has 0 saturated carbocycles. The molecule has 20 heavy (non-hydrogen) atoms. The zero-order valence-corrected chi connectivity index (χ0v) is 11.5. The highest BCUT2D eigenvalue weighted by Crippen LogP contribution is 2.00. The van der Waals surface area contributed by atoms with Crippen LogP contribution in [0.1, 0.15) is 18.9 Å². The van der Waals surface area contributed by atoms with E-state index in [4.69, 9.17) is 9.84 Å². The fraction of sp³-hybridized carbons (Fsp3) is 0.429. The van der Waals surface area contributed by atoms with Gasteiger partial charge >= 0.3 is 6.09 Å². The van der Waals surface area contributed by atoms with Gasteiger partial charge in [0.1, 0.15) is 6.61 Å². The maximum absolute atomic E-state index is 11.4. The van der Waals surface area contributed by atoms with Crippen molar-refractivity contribution in [3.63, 3.8) is 0 Å². The van der Waals surface area contributed by atoms with Gasteiger partial charge in [-0.2, -0.15) is 0 Å². The molecule has 0 aliphatic carbocycles. The van der Waals surface area contributed by atoms with Gasteiger partial charge in [-0.1, -0.05) is 30.3 Å². The number of rotatable bonds is 7. The van der Waals surface area contributed by atoms with Crippen molar-refractivity contribution in [1.82, 2.24) is 10.6 Å². The molecule has 1 rings (SSSR count). The Morgan fingerprint density at radius 3 is 2.60 bits per heavy atom. The fourth-order valence-electron chi connectivity index (χ4n) is 1.40. The maximum Gasteiger partial charge on any atom is 0.407 e. The van der Waals surface area contributed by atoms with E-state index < -0.39 is 12.2 Å². The maximum atomic E-state index is 11.4. The second-order valence-electron chi connectivity index (χ2n) is 4.39. The molecule has 1 aromatic carbocycles. The third-order valence-electron chi connectivity index (χ3n) is 2.43. The summed E-state index contributed by atoms with van der Waals surface area (Å²) in [6.07, 6.45) is -0.993. The summed E-state index contributed by atoms with van der Waals surface area (Å²) >= 11 is 0. The number of nitrogens with one attached hydrogen (secondary N) is 2. The summed E-state index contributed by atoms with van der Waals surface area (Å²) in [5, 5.41) is 14.0. The molecule has 6 heteroatoms. The SMILES string of the molecule is CC(O)CNC(=O)CCNC(=O)OCc1ccccc1. The van der Waals surface area contributed by atoms with Crippen molar-refractivity contribution in [3.05, 3.63) is 35.9 Å². The second-order valence-corrected chi connectivity index (χ2v) is 4.39. The molecule has 0 saturated heterocycles. The topological polar surface area (TPSA) is 87.7 Å². The molecule has 110 valence electrons. The Morgan fingerprint density at radius 2 is 1.95 bits per heavy atom. The summed E-state index contributed by atoms with van der Waals surface area (Å²) in [6.45, 7) is 2.18. The standard InChI is InChI=1S/C14H20N2O4/c1-11(17)9-16-13(18)7-8-15-14(19)20-10-12-5-3-2-4-6-12/h2-6,11,17H,7-10H2,1H3,(H,15,19)(H,16,18). The zero-order chi connectivity index (χ0) is 14.8. The third kappa shape index (κ3) is 7.38. The van der Waals surface area contributed by atoms with Crippen molar-refractivity contribution in [2.45, 2.75) is 26.1 Å². The lowest BCUT2D eigenvalue weighted by molar-refractivity contribution is -0.121. The van der Waals surface area contributed by atoms with Crippen LogP contribution in [0.15, 0.2) is 30.3 Å². The quantitative estimate of drug-likeness (QED) is 0.689. The van der Waals surface area contributed by atoms with Gasteiger partial charge in [0, 0.05) is 19.5 Å². The van der Waals surface area contributed by atoms with Crippen LogP contribution in [0.4, 0.5) is 4.79 Å². The average Bonchev–Trinajstić information content (AvgIpc) is 2.44. The van der Waals surface area contributed by atoms with Gasteiger partial charge in [-0.15, -0.1) is 0 Å². The molecule has 0 radical (unpaired) electrons. The monoisotopic (exact) mass is 280 g/mol. The number of hydrogen-bond acceptors (Lipinski definition) is 4. The summed E-state index contributed by atoms with van der Waals surface area (Å²) in [6, 6.07) is 9.33. The fourth-order valence-corrected chi connectivity index (χ4v) is 1.40. The molecule has 0 aliphatic heterocycles. The minimum atomic E-state index is -0.581. The Kier molecular flexibility index (Phi) is 7.13. The Labute approximate surface area is 118 Å². The molecular formula is C14H20N2O4. The van der Waals surface area contributed by atoms with E-state index in [1.807, 2.05) is 30.3 Å². The number of carbonyl (C=O) groups excluding carboxylic acids is 2. The smallest absolute Gasteiger partial charge is 0.407 e. The van der Waals surface area contributed by atoms with E-state index in [2.05, 4.69) is 10.6 Å². The highest BCUT2D eigenvalue weighted by Gasteiger charge is 2.05. The Hall–Kier alpha value is -2.08. The van der Waals surface area contributed by atoms with Crippen LogP contribution in [-0.4, -0.2) is 36.3 Å². The van der Waals surface area contributed by atoms with Gasteiger partial charge in [0.15, 0.2) is 0 Å². The van der Waals surface area contributed by atoms with E-state index in [0.29, 0.717) is 0 Å².